The topological polar surface area (TPSA) is 58.2 Å². The van der Waals surface area contributed by atoms with Crippen molar-refractivity contribution in [3.63, 3.8) is 0 Å². The fraction of sp³-hybridized carbons (Fsp3) is 0.438. The van der Waals surface area contributed by atoms with Crippen molar-refractivity contribution >= 4 is 23.0 Å². The first-order valence-corrected chi connectivity index (χ1v) is 14.5. The van der Waals surface area contributed by atoms with Crippen molar-refractivity contribution in [2.75, 3.05) is 13.1 Å². The SMILES string of the molecule is CC(=O)C1CC2(CC(NC(=O)c3c(C)sc(C)c3Cc3ccc(-c4cc(F)cc(C5CNC5)c4)cc3)C2)C1. The number of Topliss-reactive ketones (excluding diaryl/α,β-unsaturated/α-hetero) is 1. The molecule has 0 atom stereocenters. The van der Waals surface area contributed by atoms with Gasteiger partial charge in [0.05, 0.1) is 5.56 Å². The van der Waals surface area contributed by atoms with Gasteiger partial charge in [-0.15, -0.1) is 11.3 Å². The Bertz CT molecular complexity index is 1390. The van der Waals surface area contributed by atoms with E-state index in [0.717, 1.165) is 77.0 Å². The number of aryl methyl sites for hydroxylation is 2. The summed E-state index contributed by atoms with van der Waals surface area (Å²) in [6.07, 6.45) is 4.64. The maximum atomic E-state index is 14.3. The van der Waals surface area contributed by atoms with Crippen LogP contribution in [-0.2, 0) is 11.2 Å². The molecule has 2 heterocycles. The van der Waals surface area contributed by atoms with Crippen molar-refractivity contribution in [2.45, 2.75) is 64.8 Å². The zero-order valence-electron chi connectivity index (χ0n) is 22.3. The monoisotopic (exact) mass is 530 g/mol. The van der Waals surface area contributed by atoms with E-state index in [2.05, 4.69) is 47.9 Å². The highest BCUT2D eigenvalue weighted by molar-refractivity contribution is 7.12. The Morgan fingerprint density at radius 1 is 1.00 bits per heavy atom. The molecule has 6 heteroatoms. The Balaban J connectivity index is 1.14. The molecule has 4 nitrogen and oxygen atoms in total. The summed E-state index contributed by atoms with van der Waals surface area (Å²) >= 11 is 1.68. The molecule has 198 valence electrons. The Labute approximate surface area is 228 Å². The standard InChI is InChI=1S/C32H35FN2O2S/c1-18(36)25-12-32(13-25)14-28(15-32)35-31(37)30-20(3)38-19(2)29(30)8-21-4-6-22(7-5-21)23-9-24(11-27(33)10-23)26-16-34-17-26/h4-7,9-11,25-26,28,34H,8,12-17H2,1-3H3,(H,35,37). The van der Waals surface area contributed by atoms with Gasteiger partial charge in [0, 0.05) is 40.7 Å². The highest BCUT2D eigenvalue weighted by Gasteiger charge is 2.54. The highest BCUT2D eigenvalue weighted by Crippen LogP contribution is 2.58. The van der Waals surface area contributed by atoms with E-state index in [1.165, 1.54) is 4.88 Å². The van der Waals surface area contributed by atoms with Crippen molar-refractivity contribution in [3.05, 3.63) is 80.3 Å². The van der Waals surface area contributed by atoms with E-state index in [-0.39, 0.29) is 29.1 Å². The van der Waals surface area contributed by atoms with Gasteiger partial charge in [-0.1, -0.05) is 30.3 Å². The number of rotatable bonds is 7. The van der Waals surface area contributed by atoms with Crippen LogP contribution in [0.3, 0.4) is 0 Å². The molecule has 1 spiro atoms. The molecule has 2 aromatic carbocycles. The lowest BCUT2D eigenvalue weighted by Gasteiger charge is -2.57. The normalized spacial score (nSPS) is 24.4. The average Bonchev–Trinajstić information content (AvgIpc) is 3.05. The first-order valence-electron chi connectivity index (χ1n) is 13.7. The molecule has 0 bridgehead atoms. The summed E-state index contributed by atoms with van der Waals surface area (Å²) in [5, 5.41) is 6.54. The van der Waals surface area contributed by atoms with Crippen LogP contribution in [0.15, 0.2) is 42.5 Å². The third-order valence-electron chi connectivity index (χ3n) is 9.08. The van der Waals surface area contributed by atoms with E-state index in [1.807, 2.05) is 6.92 Å². The van der Waals surface area contributed by atoms with E-state index < -0.39 is 0 Å². The molecular weight excluding hydrogens is 495 g/mol. The number of carbonyl (C=O) groups is 2. The second-order valence-electron chi connectivity index (χ2n) is 11.9. The van der Waals surface area contributed by atoms with Crippen molar-refractivity contribution in [2.24, 2.45) is 11.3 Å². The minimum atomic E-state index is -0.193. The molecule has 6 rings (SSSR count). The van der Waals surface area contributed by atoms with E-state index in [1.54, 1.807) is 30.4 Å². The summed E-state index contributed by atoms with van der Waals surface area (Å²) in [4.78, 5) is 27.2. The molecule has 38 heavy (non-hydrogen) atoms. The smallest absolute Gasteiger partial charge is 0.252 e. The Morgan fingerprint density at radius 2 is 1.71 bits per heavy atom. The molecule has 2 saturated carbocycles. The van der Waals surface area contributed by atoms with E-state index >= 15 is 0 Å². The second-order valence-corrected chi connectivity index (χ2v) is 13.3. The van der Waals surface area contributed by atoms with Crippen LogP contribution in [0.25, 0.3) is 11.1 Å². The number of hydrogen-bond acceptors (Lipinski definition) is 4. The van der Waals surface area contributed by atoms with Crippen molar-refractivity contribution in [1.82, 2.24) is 10.6 Å². The molecule has 0 unspecified atom stereocenters. The van der Waals surface area contributed by atoms with Crippen LogP contribution < -0.4 is 10.6 Å². The molecule has 3 aliphatic rings. The van der Waals surface area contributed by atoms with E-state index in [9.17, 15) is 14.0 Å². The van der Waals surface area contributed by atoms with Gasteiger partial charge in [0.15, 0.2) is 0 Å². The minimum absolute atomic E-state index is 0.0264. The summed E-state index contributed by atoms with van der Waals surface area (Å²) in [7, 11) is 0. The third-order valence-corrected chi connectivity index (χ3v) is 10.1. The summed E-state index contributed by atoms with van der Waals surface area (Å²) in [6.45, 7) is 7.62. The van der Waals surface area contributed by atoms with Crippen LogP contribution in [0.2, 0.25) is 0 Å². The Hall–Kier alpha value is -2.83. The molecular formula is C32H35FN2O2S. The first-order chi connectivity index (χ1) is 18.2. The van der Waals surface area contributed by atoms with Gasteiger partial charge in [-0.2, -0.15) is 0 Å². The van der Waals surface area contributed by atoms with Crippen LogP contribution in [0.5, 0.6) is 0 Å². The zero-order chi connectivity index (χ0) is 26.6. The van der Waals surface area contributed by atoms with Gasteiger partial charge in [-0.05, 0) is 98.2 Å². The van der Waals surface area contributed by atoms with Crippen LogP contribution in [0.4, 0.5) is 4.39 Å². The van der Waals surface area contributed by atoms with E-state index in [0.29, 0.717) is 18.1 Å². The lowest BCUT2D eigenvalue weighted by molar-refractivity contribution is -0.134. The minimum Gasteiger partial charge on any atom is -0.349 e. The maximum absolute atomic E-state index is 14.3. The Kier molecular flexibility index (Phi) is 6.51. The number of ketones is 1. The molecule has 3 aromatic rings. The first kappa shape index (κ1) is 25.4. The Morgan fingerprint density at radius 3 is 2.34 bits per heavy atom. The predicted molar refractivity (Wildman–Crippen MR) is 150 cm³/mol. The van der Waals surface area contributed by atoms with Crippen LogP contribution in [-0.4, -0.2) is 30.8 Å². The molecule has 2 N–H and O–H groups in total. The van der Waals surface area contributed by atoms with Gasteiger partial charge in [0.25, 0.3) is 5.91 Å². The fourth-order valence-electron chi connectivity index (χ4n) is 6.75. The van der Waals surface area contributed by atoms with E-state index in [4.69, 9.17) is 0 Å². The molecule has 2 aliphatic carbocycles. The maximum Gasteiger partial charge on any atom is 0.252 e. The second kappa shape index (κ2) is 9.73. The van der Waals surface area contributed by atoms with Gasteiger partial charge in [-0.3, -0.25) is 9.59 Å². The number of benzene rings is 2. The summed E-state index contributed by atoms with van der Waals surface area (Å²) in [5.74, 6) is 0.752. The number of thiophene rings is 1. The molecule has 3 fully saturated rings. The lowest BCUT2D eigenvalue weighted by Crippen LogP contribution is -2.57. The van der Waals surface area contributed by atoms with Gasteiger partial charge < -0.3 is 10.6 Å². The van der Waals surface area contributed by atoms with Crippen LogP contribution in [0.1, 0.15) is 75.3 Å². The fourth-order valence-corrected chi connectivity index (χ4v) is 7.83. The predicted octanol–water partition coefficient (Wildman–Crippen LogP) is 6.33. The number of halogens is 1. The molecule has 1 aliphatic heterocycles. The largest absolute Gasteiger partial charge is 0.349 e. The molecule has 1 saturated heterocycles. The van der Waals surface area contributed by atoms with Crippen LogP contribution in [0, 0.1) is 31.0 Å². The van der Waals surface area contributed by atoms with Crippen molar-refractivity contribution < 1.29 is 14.0 Å². The quantitative estimate of drug-likeness (QED) is 0.376. The van der Waals surface area contributed by atoms with Crippen molar-refractivity contribution in [1.29, 1.82) is 0 Å². The average molecular weight is 531 g/mol. The molecule has 1 aromatic heterocycles. The molecule has 0 radical (unpaired) electrons. The third kappa shape index (κ3) is 4.73. The van der Waals surface area contributed by atoms with Gasteiger partial charge in [0.2, 0.25) is 0 Å². The highest BCUT2D eigenvalue weighted by atomic mass is 32.1. The van der Waals surface area contributed by atoms with Gasteiger partial charge in [0.1, 0.15) is 11.6 Å². The van der Waals surface area contributed by atoms with Gasteiger partial charge >= 0.3 is 0 Å². The number of amides is 1. The number of nitrogens with one attached hydrogen (secondary N) is 2. The van der Waals surface area contributed by atoms with Crippen molar-refractivity contribution in [3.8, 4) is 11.1 Å². The number of carbonyl (C=O) groups excluding carboxylic acids is 2. The molecule has 1 amide bonds. The lowest BCUT2D eigenvalue weighted by atomic mass is 9.49. The number of hydrogen-bond donors (Lipinski definition) is 2. The summed E-state index contributed by atoms with van der Waals surface area (Å²) in [5.41, 5.74) is 6.29. The summed E-state index contributed by atoms with van der Waals surface area (Å²) in [6, 6.07) is 13.9. The zero-order valence-corrected chi connectivity index (χ0v) is 23.1. The van der Waals surface area contributed by atoms with Gasteiger partial charge in [-0.25, -0.2) is 4.39 Å². The van der Waals surface area contributed by atoms with Crippen LogP contribution >= 0.6 is 11.3 Å². The summed E-state index contributed by atoms with van der Waals surface area (Å²) < 4.78 is 14.3.